The fourth-order valence-electron chi connectivity index (χ4n) is 0.920. The second kappa shape index (κ2) is 21.9. The molecule has 0 radical (unpaired) electrons. The van der Waals surface area contributed by atoms with E-state index in [-0.39, 0.29) is 0 Å². The molecular weight excluding hydrogens is 319 g/mol. The maximum Gasteiger partial charge on any atom is -0.172 e. The smallest absolute Gasteiger partial charge is 0.172 e. The SMILES string of the molecule is C[O-].C[O-].Cc1ccc[c-]1C.[SiH2]=[Zr+2].c1cc[cH-]c1. The van der Waals surface area contributed by atoms with Crippen LogP contribution in [0.2, 0.25) is 0 Å². The van der Waals surface area contributed by atoms with Crippen molar-refractivity contribution < 1.29 is 33.5 Å². The van der Waals surface area contributed by atoms with Gasteiger partial charge in [-0.3, -0.25) is 0 Å². The molecule has 0 aliphatic rings. The average Bonchev–Trinajstić information content (AvgIpc) is 3.14. The van der Waals surface area contributed by atoms with Crippen LogP contribution in [0, 0.1) is 13.8 Å². The average molecular weight is 342 g/mol. The van der Waals surface area contributed by atoms with Gasteiger partial charge in [-0.25, -0.2) is 24.3 Å². The summed E-state index contributed by atoms with van der Waals surface area (Å²) < 4.78 is 0. The summed E-state index contributed by atoms with van der Waals surface area (Å²) in [5, 5.41) is 16.5. The van der Waals surface area contributed by atoms with Crippen LogP contribution in [0.15, 0.2) is 48.5 Å². The molecule has 2 aromatic carbocycles. The van der Waals surface area contributed by atoms with Gasteiger partial charge in [-0.05, 0) is 0 Å². The monoisotopic (exact) mass is 340 g/mol. The Labute approximate surface area is 128 Å². The molecule has 18 heavy (non-hydrogen) atoms. The Morgan fingerprint density at radius 3 is 1.61 bits per heavy atom. The summed E-state index contributed by atoms with van der Waals surface area (Å²) in [7, 11) is 1.50. The largest absolute Gasteiger partial charge is 0.214 e. The van der Waals surface area contributed by atoms with Crippen molar-refractivity contribution in [2.24, 2.45) is 0 Å². The van der Waals surface area contributed by atoms with Crippen molar-refractivity contribution >= 4 is 6.88 Å². The minimum Gasteiger partial charge on any atom is -0.214 e. The first-order chi connectivity index (χ1) is 8.80. The van der Waals surface area contributed by atoms with Gasteiger partial charge in [-0.1, -0.05) is 13.8 Å². The molecular formula is C14H22O2SiZr-2. The van der Waals surface area contributed by atoms with Gasteiger partial charge < -0.3 is 10.2 Å². The number of rotatable bonds is 0. The molecule has 100 valence electrons. The van der Waals surface area contributed by atoms with E-state index in [4.69, 9.17) is 10.2 Å². The third-order valence-corrected chi connectivity index (χ3v) is 1.87. The van der Waals surface area contributed by atoms with E-state index in [9.17, 15) is 0 Å². The Morgan fingerprint density at radius 2 is 1.50 bits per heavy atom. The van der Waals surface area contributed by atoms with E-state index in [2.05, 4.69) is 32.0 Å². The molecule has 0 unspecified atom stereocenters. The zero-order valence-electron chi connectivity index (χ0n) is 11.6. The van der Waals surface area contributed by atoms with Crippen LogP contribution in [-0.2, 0) is 23.3 Å². The molecule has 0 fully saturated rings. The van der Waals surface area contributed by atoms with Crippen molar-refractivity contribution in [3.8, 4) is 0 Å². The molecule has 0 saturated heterocycles. The third kappa shape index (κ3) is 15.7. The Kier molecular flexibility index (Phi) is 27.9. The van der Waals surface area contributed by atoms with Crippen LogP contribution in [0.5, 0.6) is 0 Å². The van der Waals surface area contributed by atoms with Crippen molar-refractivity contribution in [3.05, 3.63) is 59.7 Å². The van der Waals surface area contributed by atoms with Crippen LogP contribution in [0.25, 0.3) is 0 Å². The van der Waals surface area contributed by atoms with Gasteiger partial charge in [0.1, 0.15) is 0 Å². The molecule has 0 aliphatic carbocycles. The number of aryl methyl sites for hydroxylation is 2. The number of hydrogen-bond acceptors (Lipinski definition) is 2. The van der Waals surface area contributed by atoms with Crippen LogP contribution in [0.1, 0.15) is 11.1 Å². The first-order valence-electron chi connectivity index (χ1n) is 5.33. The molecule has 0 spiro atoms. The van der Waals surface area contributed by atoms with Crippen molar-refractivity contribution in [3.63, 3.8) is 0 Å². The molecule has 0 bridgehead atoms. The maximum absolute atomic E-state index is 8.25. The van der Waals surface area contributed by atoms with Gasteiger partial charge in [0.05, 0.1) is 0 Å². The summed E-state index contributed by atoms with van der Waals surface area (Å²) in [5.74, 6) is 0. The summed E-state index contributed by atoms with van der Waals surface area (Å²) in [4.78, 5) is 0. The van der Waals surface area contributed by atoms with E-state index in [1.807, 2.05) is 37.2 Å². The summed E-state index contributed by atoms with van der Waals surface area (Å²) in [5.41, 5.74) is 2.78. The third-order valence-electron chi connectivity index (χ3n) is 1.87. The van der Waals surface area contributed by atoms with Crippen LogP contribution in [0.4, 0.5) is 0 Å². The summed E-state index contributed by atoms with van der Waals surface area (Å²) in [6, 6.07) is 16.3. The molecule has 0 saturated carbocycles. The molecule has 0 aromatic heterocycles. The number of hydrogen-bond donors (Lipinski definition) is 0. The topological polar surface area (TPSA) is 46.1 Å². The zero-order valence-corrected chi connectivity index (χ0v) is 15.5. The predicted octanol–water partition coefficient (Wildman–Crippen LogP) is 0.462. The summed E-state index contributed by atoms with van der Waals surface area (Å²) in [6.45, 7) is 6.19. The van der Waals surface area contributed by atoms with Gasteiger partial charge in [-0.2, -0.15) is 49.6 Å². The van der Waals surface area contributed by atoms with Crippen LogP contribution < -0.4 is 10.2 Å². The standard InChI is InChI=1S/C7H9.C5H5.2CH3O.H2Si.Zr/c1-6-4-3-5-7(6)2;1-2-4-5-3-1;2*1-2;;/h3-5H,1-2H3;1-5H;2*1H3;1H2;/q4*-1;;+2. The van der Waals surface area contributed by atoms with E-state index in [1.54, 1.807) is 23.3 Å². The molecule has 4 heteroatoms. The predicted molar refractivity (Wildman–Crippen MR) is 73.9 cm³/mol. The van der Waals surface area contributed by atoms with Gasteiger partial charge in [0, 0.05) is 0 Å². The van der Waals surface area contributed by atoms with Crippen LogP contribution in [0.3, 0.4) is 0 Å². The molecule has 0 atom stereocenters. The Morgan fingerprint density at radius 1 is 1.06 bits per heavy atom. The van der Waals surface area contributed by atoms with Gasteiger partial charge >= 0.3 is 30.2 Å². The summed E-state index contributed by atoms with van der Waals surface area (Å²) >= 11 is 1.58. The second-order valence-electron chi connectivity index (χ2n) is 2.85. The van der Waals surface area contributed by atoms with Crippen molar-refractivity contribution in [1.29, 1.82) is 0 Å². The molecule has 2 rings (SSSR count). The van der Waals surface area contributed by atoms with E-state index in [0.29, 0.717) is 0 Å². The van der Waals surface area contributed by atoms with Crippen LogP contribution >= 0.6 is 0 Å². The fraction of sp³-hybridized carbons (Fsp3) is 0.286. The molecule has 0 heterocycles. The molecule has 0 N–H and O–H groups in total. The Hall–Kier alpha value is -0.280. The summed E-state index contributed by atoms with van der Waals surface area (Å²) in [6.07, 6.45) is 0. The van der Waals surface area contributed by atoms with Crippen LogP contribution in [-0.4, -0.2) is 21.1 Å². The first-order valence-corrected chi connectivity index (χ1v) is 11.3. The fourth-order valence-corrected chi connectivity index (χ4v) is 0.920. The van der Waals surface area contributed by atoms with E-state index >= 15 is 0 Å². The van der Waals surface area contributed by atoms with Crippen molar-refractivity contribution in [2.45, 2.75) is 13.8 Å². The van der Waals surface area contributed by atoms with Gasteiger partial charge in [0.2, 0.25) is 0 Å². The van der Waals surface area contributed by atoms with E-state index < -0.39 is 0 Å². The molecule has 2 nitrogen and oxygen atoms in total. The Balaban J connectivity index is -0.000000181. The van der Waals surface area contributed by atoms with Gasteiger partial charge in [0.25, 0.3) is 0 Å². The first kappa shape index (κ1) is 22.9. The minimum absolute atomic E-state index is 0.750. The van der Waals surface area contributed by atoms with Crippen molar-refractivity contribution in [1.82, 2.24) is 0 Å². The normalized spacial score (nSPS) is 6.89. The zero-order chi connectivity index (χ0) is 14.8. The van der Waals surface area contributed by atoms with E-state index in [0.717, 1.165) is 14.2 Å². The quantitative estimate of drug-likeness (QED) is 0.516. The molecule has 0 amide bonds. The van der Waals surface area contributed by atoms with E-state index in [1.165, 1.54) is 11.1 Å². The van der Waals surface area contributed by atoms with Gasteiger partial charge in [-0.15, -0.1) is 0 Å². The molecule has 0 aliphatic heterocycles. The second-order valence-corrected chi connectivity index (χ2v) is 2.85. The minimum atomic E-state index is 0.750. The maximum atomic E-state index is 8.25. The molecule has 2 aromatic rings. The van der Waals surface area contributed by atoms with Crippen molar-refractivity contribution in [2.75, 3.05) is 14.2 Å². The Bertz CT molecular complexity index is 284. The van der Waals surface area contributed by atoms with Gasteiger partial charge in [0.15, 0.2) is 0 Å².